The smallest absolute Gasteiger partial charge is 0.352 e. The zero-order chi connectivity index (χ0) is 14.0. The van der Waals surface area contributed by atoms with Crippen LogP contribution in [-0.4, -0.2) is 31.9 Å². The number of hydrogen-bond acceptors (Lipinski definition) is 3. The molecule has 5 nitrogen and oxygen atoms in total. The largest absolute Gasteiger partial charge is 0.477 e. The molecule has 0 aliphatic carbocycles. The Labute approximate surface area is 107 Å². The lowest BCUT2D eigenvalue weighted by molar-refractivity contribution is -0.132. The van der Waals surface area contributed by atoms with Crippen LogP contribution in [0.1, 0.15) is 38.5 Å². The maximum absolute atomic E-state index is 11.8. The van der Waals surface area contributed by atoms with E-state index in [-0.39, 0.29) is 12.4 Å². The molecule has 0 spiro atoms. The molecule has 0 amide bonds. The van der Waals surface area contributed by atoms with Gasteiger partial charge in [0, 0.05) is 0 Å². The Balaban J connectivity index is 3.72. The zero-order valence-corrected chi connectivity index (χ0v) is 11.1. The Morgan fingerprint density at radius 2 is 1.61 bits per heavy atom. The minimum Gasteiger partial charge on any atom is -0.477 e. The van der Waals surface area contributed by atoms with Gasteiger partial charge in [-0.05, 0) is 12.8 Å². The minimum atomic E-state index is -3.61. The van der Waals surface area contributed by atoms with Gasteiger partial charge in [0.05, 0.1) is 12.4 Å². The molecule has 0 aliphatic rings. The molecule has 0 aliphatic heterocycles. The Hall–Kier alpha value is -1.11. The number of alkyl halides is 1. The van der Waals surface area contributed by atoms with Crippen LogP contribution in [0.2, 0.25) is 0 Å². The van der Waals surface area contributed by atoms with Crippen molar-refractivity contribution >= 4 is 16.0 Å². The number of aliphatic carboxylic acids is 1. The van der Waals surface area contributed by atoms with E-state index in [0.29, 0.717) is 12.8 Å². The number of nitrogens with one attached hydrogen (secondary N) is 1. The quantitative estimate of drug-likeness (QED) is 0.447. The second-order valence-corrected chi connectivity index (χ2v) is 5.86. The molecular weight excluding hydrogens is 261 g/mol. The molecule has 7 heteroatoms. The second kappa shape index (κ2) is 8.91. The highest BCUT2D eigenvalue weighted by atomic mass is 32.2. The SMILES string of the molecule is C=C(NS(=O)(=O)CCCCCCCCF)C(=O)O. The Kier molecular flexibility index (Phi) is 8.36. The number of carboxylic acid groups (broad SMARTS) is 1. The fourth-order valence-corrected chi connectivity index (χ4v) is 2.53. The molecule has 18 heavy (non-hydrogen) atoms. The van der Waals surface area contributed by atoms with Crippen molar-refractivity contribution in [3.63, 3.8) is 0 Å². The lowest BCUT2D eigenvalue weighted by atomic mass is 10.1. The number of halogens is 1. The van der Waals surface area contributed by atoms with Crippen molar-refractivity contribution in [2.75, 3.05) is 12.4 Å². The number of carboxylic acids is 1. The van der Waals surface area contributed by atoms with E-state index in [9.17, 15) is 17.6 Å². The monoisotopic (exact) mass is 281 g/mol. The van der Waals surface area contributed by atoms with Crippen LogP contribution in [0.3, 0.4) is 0 Å². The third kappa shape index (κ3) is 8.98. The van der Waals surface area contributed by atoms with E-state index in [4.69, 9.17) is 5.11 Å². The first-order chi connectivity index (χ1) is 8.39. The van der Waals surface area contributed by atoms with Gasteiger partial charge >= 0.3 is 5.97 Å². The summed E-state index contributed by atoms with van der Waals surface area (Å²) >= 11 is 0. The topological polar surface area (TPSA) is 83.5 Å². The van der Waals surface area contributed by atoms with Gasteiger partial charge in [-0.15, -0.1) is 0 Å². The average Bonchev–Trinajstić information content (AvgIpc) is 2.27. The molecule has 0 aromatic heterocycles. The van der Waals surface area contributed by atoms with Gasteiger partial charge in [0.25, 0.3) is 0 Å². The van der Waals surface area contributed by atoms with Crippen LogP contribution in [0.4, 0.5) is 4.39 Å². The Morgan fingerprint density at radius 1 is 1.11 bits per heavy atom. The normalized spacial score (nSPS) is 11.2. The standard InChI is InChI=1S/C11H20FNO4S/c1-10(11(14)15)13-18(16,17)9-7-5-3-2-4-6-8-12/h13H,1-9H2,(H,14,15). The van der Waals surface area contributed by atoms with E-state index in [1.807, 2.05) is 4.72 Å². The van der Waals surface area contributed by atoms with E-state index >= 15 is 0 Å². The summed E-state index contributed by atoms with van der Waals surface area (Å²) in [6.45, 7) is 2.78. The summed E-state index contributed by atoms with van der Waals surface area (Å²) in [7, 11) is -3.61. The maximum atomic E-state index is 11.8. The van der Waals surface area contributed by atoms with Crippen molar-refractivity contribution in [2.45, 2.75) is 38.5 Å². The molecule has 0 bridgehead atoms. The van der Waals surface area contributed by atoms with Crippen molar-refractivity contribution in [1.82, 2.24) is 4.72 Å². The molecule has 0 rings (SSSR count). The summed E-state index contributed by atoms with van der Waals surface area (Å²) < 4.78 is 36.5. The Morgan fingerprint density at radius 3 is 2.11 bits per heavy atom. The molecule has 0 saturated carbocycles. The van der Waals surface area contributed by atoms with Crippen LogP contribution >= 0.6 is 0 Å². The first kappa shape index (κ1) is 16.9. The van der Waals surface area contributed by atoms with Gasteiger partial charge in [-0.3, -0.25) is 9.11 Å². The van der Waals surface area contributed by atoms with Crippen LogP contribution in [-0.2, 0) is 14.8 Å². The van der Waals surface area contributed by atoms with Gasteiger partial charge in [-0.1, -0.05) is 32.3 Å². The van der Waals surface area contributed by atoms with E-state index in [2.05, 4.69) is 6.58 Å². The summed E-state index contributed by atoms with van der Waals surface area (Å²) in [5.41, 5.74) is -0.544. The predicted octanol–water partition coefficient (Wildman–Crippen LogP) is 1.81. The van der Waals surface area contributed by atoms with Crippen molar-refractivity contribution < 1.29 is 22.7 Å². The van der Waals surface area contributed by atoms with Gasteiger partial charge in [0.2, 0.25) is 10.0 Å². The fourth-order valence-electron chi connectivity index (χ4n) is 1.38. The van der Waals surface area contributed by atoms with Crippen molar-refractivity contribution in [1.29, 1.82) is 0 Å². The molecule has 0 aromatic carbocycles. The van der Waals surface area contributed by atoms with Crippen molar-refractivity contribution in [3.05, 3.63) is 12.3 Å². The van der Waals surface area contributed by atoms with E-state index in [1.165, 1.54) is 0 Å². The van der Waals surface area contributed by atoms with E-state index in [1.54, 1.807) is 0 Å². The van der Waals surface area contributed by atoms with E-state index < -0.39 is 21.7 Å². The number of hydrogen-bond donors (Lipinski definition) is 2. The third-order valence-corrected chi connectivity index (χ3v) is 3.72. The lowest BCUT2D eigenvalue weighted by Gasteiger charge is -2.07. The van der Waals surface area contributed by atoms with Crippen LogP contribution in [0.5, 0.6) is 0 Å². The third-order valence-electron chi connectivity index (χ3n) is 2.33. The summed E-state index contributed by atoms with van der Waals surface area (Å²) in [6.07, 6.45) is 4.30. The highest BCUT2D eigenvalue weighted by molar-refractivity contribution is 7.89. The van der Waals surface area contributed by atoms with Crippen LogP contribution in [0.25, 0.3) is 0 Å². The van der Waals surface area contributed by atoms with Crippen molar-refractivity contribution in [3.8, 4) is 0 Å². The lowest BCUT2D eigenvalue weighted by Crippen LogP contribution is -2.28. The highest BCUT2D eigenvalue weighted by Crippen LogP contribution is 2.07. The van der Waals surface area contributed by atoms with Crippen molar-refractivity contribution in [2.24, 2.45) is 0 Å². The molecule has 0 atom stereocenters. The zero-order valence-electron chi connectivity index (χ0n) is 10.3. The average molecular weight is 281 g/mol. The van der Waals surface area contributed by atoms with Crippen LogP contribution < -0.4 is 4.72 Å². The molecule has 0 unspecified atom stereocenters. The second-order valence-electron chi connectivity index (χ2n) is 4.01. The number of sulfonamides is 1. The molecule has 0 fully saturated rings. The van der Waals surface area contributed by atoms with Gasteiger partial charge < -0.3 is 5.11 Å². The molecule has 2 N–H and O–H groups in total. The number of rotatable bonds is 11. The molecule has 0 saturated heterocycles. The molecule has 0 aromatic rings. The molecule has 0 radical (unpaired) electrons. The first-order valence-electron chi connectivity index (χ1n) is 5.87. The van der Waals surface area contributed by atoms with Gasteiger partial charge in [0.1, 0.15) is 5.70 Å². The molecule has 106 valence electrons. The Bertz CT molecular complexity index is 367. The highest BCUT2D eigenvalue weighted by Gasteiger charge is 2.14. The van der Waals surface area contributed by atoms with Gasteiger partial charge in [-0.25, -0.2) is 13.2 Å². The fraction of sp³-hybridized carbons (Fsp3) is 0.727. The summed E-state index contributed by atoms with van der Waals surface area (Å²) in [5, 5.41) is 8.48. The minimum absolute atomic E-state index is 0.123. The molecular formula is C11H20FNO4S. The van der Waals surface area contributed by atoms with Crippen LogP contribution in [0.15, 0.2) is 12.3 Å². The first-order valence-corrected chi connectivity index (χ1v) is 7.53. The number of unbranched alkanes of at least 4 members (excludes halogenated alkanes) is 5. The summed E-state index contributed by atoms with van der Waals surface area (Å²) in [4.78, 5) is 10.4. The summed E-state index contributed by atoms with van der Waals surface area (Å²) in [6, 6.07) is 0. The number of carbonyl (C=O) groups is 1. The van der Waals surface area contributed by atoms with E-state index in [0.717, 1.165) is 25.7 Å². The van der Waals surface area contributed by atoms with Gasteiger partial charge in [0.15, 0.2) is 0 Å². The summed E-state index contributed by atoms with van der Waals surface area (Å²) in [5.74, 6) is -1.51. The maximum Gasteiger partial charge on any atom is 0.352 e. The van der Waals surface area contributed by atoms with Crippen LogP contribution in [0, 0.1) is 0 Å². The van der Waals surface area contributed by atoms with Gasteiger partial charge in [-0.2, -0.15) is 0 Å². The predicted molar refractivity (Wildman–Crippen MR) is 67.4 cm³/mol. The molecule has 0 heterocycles.